The van der Waals surface area contributed by atoms with Gasteiger partial charge in [-0.05, 0) is 12.5 Å². The lowest BCUT2D eigenvalue weighted by molar-refractivity contribution is -0.119. The highest BCUT2D eigenvalue weighted by molar-refractivity contribution is 5.95. The van der Waals surface area contributed by atoms with E-state index in [4.69, 9.17) is 4.74 Å². The van der Waals surface area contributed by atoms with E-state index in [-0.39, 0.29) is 11.9 Å². The summed E-state index contributed by atoms with van der Waals surface area (Å²) < 4.78 is 5.46. The van der Waals surface area contributed by atoms with Crippen LogP contribution < -0.4 is 0 Å². The SMILES string of the molecule is CC1=CO[C@@H](c2ccccc2)CC1=O. The molecule has 1 aliphatic rings. The van der Waals surface area contributed by atoms with Crippen molar-refractivity contribution in [3.63, 3.8) is 0 Å². The summed E-state index contributed by atoms with van der Waals surface area (Å²) in [6, 6.07) is 9.82. The lowest BCUT2D eigenvalue weighted by Crippen LogP contribution is -2.14. The topological polar surface area (TPSA) is 26.3 Å². The summed E-state index contributed by atoms with van der Waals surface area (Å²) >= 11 is 0. The van der Waals surface area contributed by atoms with Gasteiger partial charge in [0.25, 0.3) is 0 Å². The first-order valence-electron chi connectivity index (χ1n) is 4.68. The van der Waals surface area contributed by atoms with E-state index in [1.54, 1.807) is 13.2 Å². The van der Waals surface area contributed by atoms with E-state index in [1.165, 1.54) is 0 Å². The third kappa shape index (κ3) is 1.69. The number of hydrogen-bond donors (Lipinski definition) is 0. The average molecular weight is 188 g/mol. The van der Waals surface area contributed by atoms with Gasteiger partial charge in [-0.3, -0.25) is 4.79 Å². The molecule has 0 amide bonds. The summed E-state index contributed by atoms with van der Waals surface area (Å²) in [5.41, 5.74) is 1.77. The number of Topliss-reactive ketones (excluding diaryl/α,β-unsaturated/α-hetero) is 1. The standard InChI is InChI=1S/C12H12O2/c1-9-8-14-12(7-11(9)13)10-5-3-2-4-6-10/h2-6,8,12H,7H2,1H3/t12-/m1/s1. The van der Waals surface area contributed by atoms with Gasteiger partial charge in [0.15, 0.2) is 5.78 Å². The zero-order valence-corrected chi connectivity index (χ0v) is 8.07. The van der Waals surface area contributed by atoms with Crippen molar-refractivity contribution in [2.75, 3.05) is 0 Å². The second-order valence-electron chi connectivity index (χ2n) is 3.46. The van der Waals surface area contributed by atoms with Crippen LogP contribution in [0.15, 0.2) is 42.2 Å². The smallest absolute Gasteiger partial charge is 0.165 e. The molecule has 0 spiro atoms. The Morgan fingerprint density at radius 2 is 2.00 bits per heavy atom. The van der Waals surface area contributed by atoms with Crippen molar-refractivity contribution < 1.29 is 9.53 Å². The van der Waals surface area contributed by atoms with Crippen LogP contribution in [-0.4, -0.2) is 5.78 Å². The summed E-state index contributed by atoms with van der Waals surface area (Å²) in [4.78, 5) is 11.4. The molecule has 1 heterocycles. The van der Waals surface area contributed by atoms with Gasteiger partial charge in [0.05, 0.1) is 12.7 Å². The first kappa shape index (κ1) is 9.00. The molecule has 0 unspecified atom stereocenters. The fourth-order valence-corrected chi connectivity index (χ4v) is 1.49. The second kappa shape index (κ2) is 3.66. The second-order valence-corrected chi connectivity index (χ2v) is 3.46. The maximum atomic E-state index is 11.4. The summed E-state index contributed by atoms with van der Waals surface area (Å²) in [6.45, 7) is 1.78. The fourth-order valence-electron chi connectivity index (χ4n) is 1.49. The van der Waals surface area contributed by atoms with Crippen molar-refractivity contribution in [1.82, 2.24) is 0 Å². The Kier molecular flexibility index (Phi) is 2.35. The van der Waals surface area contributed by atoms with Crippen LogP contribution in [0.1, 0.15) is 25.0 Å². The minimum atomic E-state index is -0.104. The zero-order chi connectivity index (χ0) is 9.97. The van der Waals surface area contributed by atoms with Crippen LogP contribution in [-0.2, 0) is 9.53 Å². The number of rotatable bonds is 1. The summed E-state index contributed by atoms with van der Waals surface area (Å²) in [7, 11) is 0. The molecule has 1 atom stereocenters. The van der Waals surface area contributed by atoms with E-state index in [0.29, 0.717) is 12.0 Å². The number of carbonyl (C=O) groups excluding carboxylic acids is 1. The summed E-state index contributed by atoms with van der Waals surface area (Å²) in [6.07, 6.45) is 1.91. The van der Waals surface area contributed by atoms with E-state index in [1.807, 2.05) is 30.3 Å². The molecule has 0 N–H and O–H groups in total. The van der Waals surface area contributed by atoms with Gasteiger partial charge >= 0.3 is 0 Å². The molecule has 0 radical (unpaired) electrons. The van der Waals surface area contributed by atoms with E-state index in [9.17, 15) is 4.79 Å². The number of hydrogen-bond acceptors (Lipinski definition) is 2. The molecular formula is C12H12O2. The van der Waals surface area contributed by atoms with Crippen molar-refractivity contribution in [1.29, 1.82) is 0 Å². The Morgan fingerprint density at radius 3 is 2.64 bits per heavy atom. The van der Waals surface area contributed by atoms with E-state index in [0.717, 1.165) is 5.56 Å². The lowest BCUT2D eigenvalue weighted by atomic mass is 9.99. The number of allylic oxidation sites excluding steroid dienone is 1. The Balaban J connectivity index is 2.20. The molecule has 2 rings (SSSR count). The first-order chi connectivity index (χ1) is 6.77. The Labute approximate surface area is 83.2 Å². The Morgan fingerprint density at radius 1 is 1.29 bits per heavy atom. The van der Waals surface area contributed by atoms with Crippen LogP contribution in [0.3, 0.4) is 0 Å². The van der Waals surface area contributed by atoms with Crippen LogP contribution in [0.2, 0.25) is 0 Å². The van der Waals surface area contributed by atoms with Gasteiger partial charge in [0, 0.05) is 5.57 Å². The molecule has 0 saturated heterocycles. The number of ether oxygens (including phenoxy) is 1. The third-order valence-electron chi connectivity index (χ3n) is 2.39. The predicted molar refractivity (Wildman–Crippen MR) is 53.6 cm³/mol. The minimum absolute atomic E-state index is 0.104. The maximum Gasteiger partial charge on any atom is 0.165 e. The molecule has 1 aromatic rings. The molecule has 0 fully saturated rings. The largest absolute Gasteiger partial charge is 0.492 e. The van der Waals surface area contributed by atoms with E-state index in [2.05, 4.69) is 0 Å². The van der Waals surface area contributed by atoms with Crippen molar-refractivity contribution >= 4 is 5.78 Å². The van der Waals surface area contributed by atoms with Gasteiger partial charge in [-0.25, -0.2) is 0 Å². The highest BCUT2D eigenvalue weighted by Gasteiger charge is 2.21. The predicted octanol–water partition coefficient (Wildman–Crippen LogP) is 2.62. The van der Waals surface area contributed by atoms with Crippen molar-refractivity contribution in [2.24, 2.45) is 0 Å². The van der Waals surface area contributed by atoms with E-state index < -0.39 is 0 Å². The van der Waals surface area contributed by atoms with Crippen LogP contribution in [0, 0.1) is 0 Å². The highest BCUT2D eigenvalue weighted by Crippen LogP contribution is 2.27. The molecule has 1 aromatic carbocycles. The van der Waals surface area contributed by atoms with Gasteiger partial charge in [-0.2, -0.15) is 0 Å². The zero-order valence-electron chi connectivity index (χ0n) is 8.07. The first-order valence-corrected chi connectivity index (χ1v) is 4.68. The molecule has 0 bridgehead atoms. The molecule has 0 aliphatic carbocycles. The van der Waals surface area contributed by atoms with Crippen molar-refractivity contribution in [3.05, 3.63) is 47.7 Å². The Bertz CT molecular complexity index is 365. The molecule has 2 heteroatoms. The summed E-state index contributed by atoms with van der Waals surface area (Å²) in [5, 5.41) is 0. The van der Waals surface area contributed by atoms with Gasteiger partial charge < -0.3 is 4.74 Å². The molecule has 0 saturated carbocycles. The van der Waals surface area contributed by atoms with Crippen molar-refractivity contribution in [3.8, 4) is 0 Å². The number of carbonyl (C=O) groups is 1. The molecule has 2 nitrogen and oxygen atoms in total. The average Bonchev–Trinajstić information content (AvgIpc) is 2.23. The third-order valence-corrected chi connectivity index (χ3v) is 2.39. The van der Waals surface area contributed by atoms with Crippen LogP contribution in [0.25, 0.3) is 0 Å². The molecule has 72 valence electrons. The molecule has 1 aliphatic heterocycles. The fraction of sp³-hybridized carbons (Fsp3) is 0.250. The Hall–Kier alpha value is -1.57. The highest BCUT2D eigenvalue weighted by atomic mass is 16.5. The van der Waals surface area contributed by atoms with Gasteiger partial charge in [0.2, 0.25) is 0 Å². The normalized spacial score (nSPS) is 21.4. The van der Waals surface area contributed by atoms with Gasteiger partial charge in [-0.1, -0.05) is 30.3 Å². The maximum absolute atomic E-state index is 11.4. The van der Waals surface area contributed by atoms with E-state index >= 15 is 0 Å². The number of ketones is 1. The van der Waals surface area contributed by atoms with Crippen molar-refractivity contribution in [2.45, 2.75) is 19.4 Å². The van der Waals surface area contributed by atoms with Gasteiger partial charge in [0.1, 0.15) is 6.10 Å². The van der Waals surface area contributed by atoms with Gasteiger partial charge in [-0.15, -0.1) is 0 Å². The monoisotopic (exact) mass is 188 g/mol. The molecule has 0 aromatic heterocycles. The lowest BCUT2D eigenvalue weighted by Gasteiger charge is -2.21. The summed E-state index contributed by atoms with van der Waals surface area (Å²) in [5.74, 6) is 0.171. The van der Waals surface area contributed by atoms with Crippen LogP contribution >= 0.6 is 0 Å². The molecular weight excluding hydrogens is 176 g/mol. The van der Waals surface area contributed by atoms with Crippen LogP contribution in [0.4, 0.5) is 0 Å². The molecule has 14 heavy (non-hydrogen) atoms. The minimum Gasteiger partial charge on any atom is -0.492 e. The number of benzene rings is 1. The van der Waals surface area contributed by atoms with Crippen LogP contribution in [0.5, 0.6) is 0 Å². The quantitative estimate of drug-likeness (QED) is 0.677.